The van der Waals surface area contributed by atoms with Gasteiger partial charge in [-0.3, -0.25) is 4.79 Å². The largest absolute Gasteiger partial charge is 0.457 e. The zero-order chi connectivity index (χ0) is 16.7. The minimum atomic E-state index is -0.520. The first kappa shape index (κ1) is 16.5. The van der Waals surface area contributed by atoms with Crippen molar-refractivity contribution in [1.82, 2.24) is 5.32 Å². The molecule has 0 aliphatic heterocycles. The Morgan fingerprint density at radius 2 is 2.17 bits per heavy atom. The predicted molar refractivity (Wildman–Crippen MR) is 82.6 cm³/mol. The normalized spacial score (nSPS) is 11.1. The number of hydrogen-bond donors (Lipinski definition) is 1. The van der Waals surface area contributed by atoms with Crippen molar-refractivity contribution in [2.45, 2.75) is 0 Å². The highest BCUT2D eigenvalue weighted by Crippen LogP contribution is 2.25. The average molecular weight is 314 g/mol. The third-order valence-electron chi connectivity index (χ3n) is 3.01. The summed E-state index contributed by atoms with van der Waals surface area (Å²) in [5.74, 6) is -0.309. The quantitative estimate of drug-likeness (QED) is 0.505. The molecule has 0 radical (unpaired) electrons. The molecule has 0 spiro atoms. The Hall–Kier alpha value is -2.91. The van der Waals surface area contributed by atoms with Gasteiger partial charge in [0.05, 0.1) is 12.2 Å². The van der Waals surface area contributed by atoms with Gasteiger partial charge in [-0.15, -0.1) is 0 Å². The van der Waals surface area contributed by atoms with Crippen LogP contribution in [0.25, 0.3) is 17.4 Å². The number of benzene rings is 1. The van der Waals surface area contributed by atoms with Gasteiger partial charge in [-0.05, 0) is 24.3 Å². The number of carbonyl (C=O) groups excluding carboxylic acids is 1. The Morgan fingerprint density at radius 3 is 2.87 bits per heavy atom. The molecule has 1 heterocycles. The number of rotatable bonds is 6. The van der Waals surface area contributed by atoms with Gasteiger partial charge >= 0.3 is 0 Å². The number of amides is 1. The molecule has 0 aliphatic rings. The van der Waals surface area contributed by atoms with Crippen LogP contribution in [0.2, 0.25) is 0 Å². The molecule has 0 aliphatic carbocycles. The van der Waals surface area contributed by atoms with Crippen LogP contribution in [0, 0.1) is 17.1 Å². The van der Waals surface area contributed by atoms with E-state index in [2.05, 4.69) is 5.32 Å². The van der Waals surface area contributed by atoms with Crippen molar-refractivity contribution in [3.63, 3.8) is 0 Å². The Labute approximate surface area is 133 Å². The highest BCUT2D eigenvalue weighted by Gasteiger charge is 2.12. The predicted octanol–water partition coefficient (Wildman–Crippen LogP) is 2.76. The lowest BCUT2D eigenvalue weighted by molar-refractivity contribution is -0.117. The lowest BCUT2D eigenvalue weighted by atomic mass is 10.1. The molecule has 1 amide bonds. The van der Waals surface area contributed by atoms with E-state index in [-0.39, 0.29) is 5.57 Å². The smallest absolute Gasteiger partial charge is 0.262 e. The molecule has 2 rings (SSSR count). The summed E-state index contributed by atoms with van der Waals surface area (Å²) in [5, 5.41) is 11.6. The van der Waals surface area contributed by atoms with Gasteiger partial charge in [0.15, 0.2) is 0 Å². The van der Waals surface area contributed by atoms with E-state index < -0.39 is 11.7 Å². The second-order valence-electron chi connectivity index (χ2n) is 4.60. The van der Waals surface area contributed by atoms with E-state index in [9.17, 15) is 9.18 Å². The van der Waals surface area contributed by atoms with Crippen LogP contribution in [-0.2, 0) is 9.53 Å². The standard InChI is InChI=1S/C17H15FN2O3/c1-22-9-8-20-17(21)12(11-19)10-13-6-7-16(23-13)14-4-2-3-5-15(14)18/h2-7,10H,8-9H2,1H3,(H,20,21)/b12-10+. The summed E-state index contributed by atoms with van der Waals surface area (Å²) in [6.45, 7) is 0.648. The SMILES string of the molecule is COCCNC(=O)/C(C#N)=C/c1ccc(-c2ccccc2F)o1. The number of nitrogens with one attached hydrogen (secondary N) is 1. The number of nitrogens with zero attached hydrogens (tertiary/aromatic N) is 1. The summed E-state index contributed by atoms with van der Waals surface area (Å²) in [5.41, 5.74) is 0.214. The Morgan fingerprint density at radius 1 is 1.39 bits per heavy atom. The van der Waals surface area contributed by atoms with Gasteiger partial charge in [0.1, 0.15) is 29.0 Å². The van der Waals surface area contributed by atoms with E-state index in [0.717, 1.165) is 0 Å². The highest BCUT2D eigenvalue weighted by atomic mass is 19.1. The van der Waals surface area contributed by atoms with Crippen LogP contribution in [0.15, 0.2) is 46.4 Å². The molecule has 6 heteroatoms. The van der Waals surface area contributed by atoms with Crippen LogP contribution in [0.1, 0.15) is 5.76 Å². The van der Waals surface area contributed by atoms with Crippen molar-refractivity contribution >= 4 is 12.0 Å². The van der Waals surface area contributed by atoms with Crippen molar-refractivity contribution in [1.29, 1.82) is 5.26 Å². The molecule has 1 N–H and O–H groups in total. The molecule has 1 aromatic heterocycles. The van der Waals surface area contributed by atoms with Gasteiger partial charge in [0.2, 0.25) is 0 Å². The molecule has 5 nitrogen and oxygen atoms in total. The maximum Gasteiger partial charge on any atom is 0.262 e. The summed E-state index contributed by atoms with van der Waals surface area (Å²) in [6.07, 6.45) is 1.31. The van der Waals surface area contributed by atoms with E-state index in [1.54, 1.807) is 30.3 Å². The number of carbonyl (C=O) groups is 1. The Bertz CT molecular complexity index is 759. The van der Waals surface area contributed by atoms with E-state index in [1.165, 1.54) is 19.3 Å². The minimum absolute atomic E-state index is 0.101. The van der Waals surface area contributed by atoms with Crippen molar-refractivity contribution in [3.8, 4) is 17.4 Å². The Kier molecular flexibility index (Phi) is 5.67. The summed E-state index contributed by atoms with van der Waals surface area (Å²) < 4.78 is 24.0. The van der Waals surface area contributed by atoms with Crippen LogP contribution in [0.4, 0.5) is 4.39 Å². The van der Waals surface area contributed by atoms with Crippen molar-refractivity contribution in [2.75, 3.05) is 20.3 Å². The first-order valence-corrected chi connectivity index (χ1v) is 6.89. The zero-order valence-corrected chi connectivity index (χ0v) is 12.5. The zero-order valence-electron chi connectivity index (χ0n) is 12.5. The topological polar surface area (TPSA) is 75.3 Å². The fourth-order valence-corrected chi connectivity index (χ4v) is 1.89. The van der Waals surface area contributed by atoms with Gasteiger partial charge < -0.3 is 14.5 Å². The number of halogens is 1. The second kappa shape index (κ2) is 7.92. The monoisotopic (exact) mass is 314 g/mol. The molecule has 0 saturated carbocycles. The Balaban J connectivity index is 2.17. The molecular formula is C17H15FN2O3. The summed E-state index contributed by atoms with van der Waals surface area (Å²) in [4.78, 5) is 11.8. The molecule has 1 aromatic carbocycles. The summed E-state index contributed by atoms with van der Waals surface area (Å²) in [7, 11) is 1.51. The van der Waals surface area contributed by atoms with Crippen LogP contribution in [0.3, 0.4) is 0 Å². The first-order chi connectivity index (χ1) is 11.2. The third kappa shape index (κ3) is 4.28. The lowest BCUT2D eigenvalue weighted by Crippen LogP contribution is -2.27. The molecule has 118 valence electrons. The van der Waals surface area contributed by atoms with Crippen LogP contribution >= 0.6 is 0 Å². The van der Waals surface area contributed by atoms with Crippen LogP contribution in [-0.4, -0.2) is 26.2 Å². The molecular weight excluding hydrogens is 299 g/mol. The number of methoxy groups -OCH3 is 1. The summed E-state index contributed by atoms with van der Waals surface area (Å²) >= 11 is 0. The maximum atomic E-state index is 13.7. The van der Waals surface area contributed by atoms with Crippen molar-refractivity contribution in [2.24, 2.45) is 0 Å². The van der Waals surface area contributed by atoms with Crippen LogP contribution < -0.4 is 5.32 Å². The molecule has 0 atom stereocenters. The van der Waals surface area contributed by atoms with Crippen LogP contribution in [0.5, 0.6) is 0 Å². The van der Waals surface area contributed by atoms with Gasteiger partial charge in [0.25, 0.3) is 5.91 Å². The highest BCUT2D eigenvalue weighted by molar-refractivity contribution is 6.01. The van der Waals surface area contributed by atoms with Crippen molar-refractivity contribution in [3.05, 3.63) is 53.5 Å². The molecule has 0 unspecified atom stereocenters. The van der Waals surface area contributed by atoms with Gasteiger partial charge in [-0.2, -0.15) is 5.26 Å². The minimum Gasteiger partial charge on any atom is -0.457 e. The number of nitriles is 1. The fraction of sp³-hybridized carbons (Fsp3) is 0.176. The fourth-order valence-electron chi connectivity index (χ4n) is 1.89. The second-order valence-corrected chi connectivity index (χ2v) is 4.60. The molecule has 0 saturated heterocycles. The van der Waals surface area contributed by atoms with Gasteiger partial charge in [0, 0.05) is 19.7 Å². The first-order valence-electron chi connectivity index (χ1n) is 6.89. The number of ether oxygens (including phenoxy) is 1. The number of hydrogen-bond acceptors (Lipinski definition) is 4. The molecule has 0 fully saturated rings. The van der Waals surface area contributed by atoms with E-state index >= 15 is 0 Å². The molecule has 23 heavy (non-hydrogen) atoms. The maximum absolute atomic E-state index is 13.7. The average Bonchev–Trinajstić information content (AvgIpc) is 3.01. The lowest BCUT2D eigenvalue weighted by Gasteiger charge is -2.02. The molecule has 0 bridgehead atoms. The third-order valence-corrected chi connectivity index (χ3v) is 3.01. The summed E-state index contributed by atoms with van der Waals surface area (Å²) in [6, 6.07) is 11.2. The van der Waals surface area contributed by atoms with Gasteiger partial charge in [-0.25, -0.2) is 4.39 Å². The van der Waals surface area contributed by atoms with Crippen molar-refractivity contribution < 1.29 is 18.3 Å². The van der Waals surface area contributed by atoms with E-state index in [4.69, 9.17) is 14.4 Å². The molecule has 2 aromatic rings. The van der Waals surface area contributed by atoms with E-state index in [0.29, 0.717) is 30.2 Å². The van der Waals surface area contributed by atoms with E-state index in [1.807, 2.05) is 6.07 Å². The van der Waals surface area contributed by atoms with Gasteiger partial charge in [-0.1, -0.05) is 12.1 Å². The number of furan rings is 1.